The van der Waals surface area contributed by atoms with Gasteiger partial charge in [0.05, 0.1) is 6.07 Å². The van der Waals surface area contributed by atoms with E-state index >= 15 is 0 Å². The van der Waals surface area contributed by atoms with E-state index in [0.717, 1.165) is 10.9 Å². The summed E-state index contributed by atoms with van der Waals surface area (Å²) in [6.07, 6.45) is 0. The topological polar surface area (TPSA) is 24.1 Å². The molecule has 1 N–H and O–H groups in total. The lowest BCUT2D eigenvalue weighted by molar-refractivity contribution is -0.668. The van der Waals surface area contributed by atoms with Crippen LogP contribution in [0.25, 0.3) is 10.9 Å². The molecule has 18 heavy (non-hydrogen) atoms. The first-order valence-corrected chi connectivity index (χ1v) is 5.99. The second-order valence-corrected chi connectivity index (χ2v) is 4.32. The van der Waals surface area contributed by atoms with Gasteiger partial charge in [0, 0.05) is 17.0 Å². The van der Waals surface area contributed by atoms with Crippen molar-refractivity contribution in [1.29, 1.82) is 0 Å². The van der Waals surface area contributed by atoms with E-state index in [4.69, 9.17) is 0 Å². The Labute approximate surface area is 106 Å². The monoisotopic (exact) mass is 236 g/mol. The molecule has 0 aliphatic heterocycles. The number of rotatable bonds is 2. The number of nitrogens with zero attached hydrogens (tertiary/aromatic N) is 1. The van der Waals surface area contributed by atoms with Gasteiger partial charge in [-0.2, -0.15) is 4.57 Å². The summed E-state index contributed by atoms with van der Waals surface area (Å²) in [5.74, 6) is 0.289. The number of hydrogen-bond donors (Lipinski definition) is 1. The van der Waals surface area contributed by atoms with Gasteiger partial charge in [-0.3, -0.25) is 0 Å². The first kappa shape index (κ1) is 10.8. The predicted octanol–water partition coefficient (Wildman–Crippen LogP) is 2.88. The van der Waals surface area contributed by atoms with E-state index in [0.29, 0.717) is 6.54 Å². The molecule has 2 aromatic carbocycles. The Kier molecular flexibility index (Phi) is 2.69. The van der Waals surface area contributed by atoms with Crippen LogP contribution in [0.2, 0.25) is 0 Å². The van der Waals surface area contributed by atoms with Crippen molar-refractivity contribution in [3.05, 3.63) is 72.3 Å². The molecular weight excluding hydrogens is 222 g/mol. The molecule has 1 heterocycles. The van der Waals surface area contributed by atoms with Crippen LogP contribution in [0, 0.1) is 0 Å². The molecule has 0 saturated carbocycles. The van der Waals surface area contributed by atoms with Crippen molar-refractivity contribution in [2.75, 3.05) is 0 Å². The highest BCUT2D eigenvalue weighted by Gasteiger charge is 2.14. The summed E-state index contributed by atoms with van der Waals surface area (Å²) in [6, 6.07) is 21.9. The molecule has 0 aliphatic rings. The fraction of sp³-hybridized carbons (Fsp3) is 0.0625. The smallest absolute Gasteiger partial charge is 0.366 e. The van der Waals surface area contributed by atoms with Crippen molar-refractivity contribution in [3.8, 4) is 5.88 Å². The molecule has 1 aromatic heterocycles. The number of pyridine rings is 1. The Morgan fingerprint density at radius 1 is 0.778 bits per heavy atom. The number of fused-ring (bicyclic) bond motifs is 1. The lowest BCUT2D eigenvalue weighted by Gasteiger charge is -2.03. The maximum atomic E-state index is 10.0. The molecule has 0 amide bonds. The molecule has 2 nitrogen and oxygen atoms in total. The van der Waals surface area contributed by atoms with Crippen molar-refractivity contribution in [1.82, 2.24) is 0 Å². The third-order valence-corrected chi connectivity index (χ3v) is 3.10. The summed E-state index contributed by atoms with van der Waals surface area (Å²) in [6.45, 7) is 0.675. The lowest BCUT2D eigenvalue weighted by atomic mass is 10.2. The Balaban J connectivity index is 2.13. The van der Waals surface area contributed by atoms with Crippen LogP contribution in [0.3, 0.4) is 0 Å². The normalized spacial score (nSPS) is 10.7. The molecule has 0 saturated heterocycles. The fourth-order valence-corrected chi connectivity index (χ4v) is 2.18. The van der Waals surface area contributed by atoms with Crippen LogP contribution in [0.4, 0.5) is 0 Å². The van der Waals surface area contributed by atoms with E-state index in [2.05, 4.69) is 18.2 Å². The highest BCUT2D eigenvalue weighted by Crippen LogP contribution is 2.14. The van der Waals surface area contributed by atoms with Gasteiger partial charge in [0.15, 0.2) is 6.54 Å². The molecule has 3 rings (SSSR count). The van der Waals surface area contributed by atoms with Gasteiger partial charge in [0.1, 0.15) is 0 Å². The maximum Gasteiger partial charge on any atom is 0.366 e. The minimum absolute atomic E-state index is 0.289. The Morgan fingerprint density at radius 2 is 1.50 bits per heavy atom. The highest BCUT2D eigenvalue weighted by molar-refractivity contribution is 5.75. The first-order valence-electron chi connectivity index (χ1n) is 5.99. The molecular formula is C16H14NO+. The van der Waals surface area contributed by atoms with Crippen molar-refractivity contribution >= 4 is 10.9 Å². The number of aromatic hydroxyl groups is 1. The SMILES string of the molecule is Oc1ccc2ccccc2[n+]1Cc1ccccc1. The summed E-state index contributed by atoms with van der Waals surface area (Å²) in [4.78, 5) is 0. The molecule has 0 spiro atoms. The Morgan fingerprint density at radius 3 is 2.33 bits per heavy atom. The summed E-state index contributed by atoms with van der Waals surface area (Å²) < 4.78 is 1.92. The second kappa shape index (κ2) is 4.49. The van der Waals surface area contributed by atoms with Gasteiger partial charge < -0.3 is 5.11 Å². The van der Waals surface area contributed by atoms with Crippen LogP contribution < -0.4 is 4.57 Å². The number of para-hydroxylation sites is 1. The van der Waals surface area contributed by atoms with Crippen molar-refractivity contribution in [2.45, 2.75) is 6.54 Å². The zero-order valence-electron chi connectivity index (χ0n) is 9.95. The van der Waals surface area contributed by atoms with Gasteiger partial charge in [-0.1, -0.05) is 42.5 Å². The van der Waals surface area contributed by atoms with Crippen molar-refractivity contribution in [2.24, 2.45) is 0 Å². The zero-order valence-corrected chi connectivity index (χ0v) is 9.95. The predicted molar refractivity (Wildman–Crippen MR) is 71.4 cm³/mol. The Hall–Kier alpha value is -2.35. The Bertz CT molecular complexity index is 677. The van der Waals surface area contributed by atoms with Crippen LogP contribution in [-0.4, -0.2) is 5.11 Å². The largest absolute Gasteiger partial charge is 0.460 e. The summed E-state index contributed by atoms with van der Waals surface area (Å²) in [5, 5.41) is 11.2. The highest BCUT2D eigenvalue weighted by atomic mass is 16.3. The first-order chi connectivity index (χ1) is 8.84. The lowest BCUT2D eigenvalue weighted by Crippen LogP contribution is -2.35. The minimum atomic E-state index is 0.289. The summed E-state index contributed by atoms with van der Waals surface area (Å²) in [5.41, 5.74) is 2.22. The molecule has 3 aromatic rings. The van der Waals surface area contributed by atoms with Gasteiger partial charge in [-0.05, 0) is 12.1 Å². The van der Waals surface area contributed by atoms with Crippen LogP contribution in [-0.2, 0) is 6.54 Å². The number of hydrogen-bond acceptors (Lipinski definition) is 1. The molecule has 0 bridgehead atoms. The van der Waals surface area contributed by atoms with Crippen LogP contribution in [0.5, 0.6) is 5.88 Å². The van der Waals surface area contributed by atoms with Gasteiger partial charge in [-0.25, -0.2) is 0 Å². The molecule has 88 valence electrons. The molecule has 2 heteroatoms. The molecule has 0 unspecified atom stereocenters. The van der Waals surface area contributed by atoms with E-state index in [1.807, 2.05) is 47.0 Å². The third kappa shape index (κ3) is 1.93. The average molecular weight is 236 g/mol. The van der Waals surface area contributed by atoms with Crippen molar-refractivity contribution < 1.29 is 9.67 Å². The van der Waals surface area contributed by atoms with Gasteiger partial charge in [-0.15, -0.1) is 0 Å². The molecule has 0 radical (unpaired) electrons. The van der Waals surface area contributed by atoms with E-state index < -0.39 is 0 Å². The average Bonchev–Trinajstić information content (AvgIpc) is 2.43. The summed E-state index contributed by atoms with van der Waals surface area (Å²) in [7, 11) is 0. The van der Waals surface area contributed by atoms with E-state index in [1.165, 1.54) is 5.56 Å². The summed E-state index contributed by atoms with van der Waals surface area (Å²) >= 11 is 0. The second-order valence-electron chi connectivity index (χ2n) is 4.32. The quantitative estimate of drug-likeness (QED) is 0.680. The standard InChI is InChI=1S/C16H13NO/c18-16-11-10-14-8-4-5-9-15(14)17(16)12-13-6-2-1-3-7-13/h1-11H,12H2/p+1. The number of aromatic nitrogens is 1. The van der Waals surface area contributed by atoms with Gasteiger partial charge in [0.2, 0.25) is 5.52 Å². The van der Waals surface area contributed by atoms with Gasteiger partial charge >= 0.3 is 5.88 Å². The van der Waals surface area contributed by atoms with Crippen LogP contribution >= 0.6 is 0 Å². The zero-order chi connectivity index (χ0) is 12.4. The van der Waals surface area contributed by atoms with Crippen LogP contribution in [0.1, 0.15) is 5.56 Å². The van der Waals surface area contributed by atoms with E-state index in [-0.39, 0.29) is 5.88 Å². The van der Waals surface area contributed by atoms with E-state index in [1.54, 1.807) is 6.07 Å². The van der Waals surface area contributed by atoms with E-state index in [9.17, 15) is 5.11 Å². The van der Waals surface area contributed by atoms with Crippen LogP contribution in [0.15, 0.2) is 66.7 Å². The molecule has 0 fully saturated rings. The van der Waals surface area contributed by atoms with Crippen molar-refractivity contribution in [3.63, 3.8) is 0 Å². The molecule has 0 aliphatic carbocycles. The maximum absolute atomic E-state index is 10.0. The minimum Gasteiger partial charge on any atom is -0.460 e. The number of benzene rings is 2. The molecule has 0 atom stereocenters. The van der Waals surface area contributed by atoms with Gasteiger partial charge in [0.25, 0.3) is 0 Å². The third-order valence-electron chi connectivity index (χ3n) is 3.10. The fourth-order valence-electron chi connectivity index (χ4n) is 2.18.